The minimum Gasteiger partial charge on any atom is -0.343 e. The Labute approximate surface area is 116 Å². The summed E-state index contributed by atoms with van der Waals surface area (Å²) in [4.78, 5) is 10.4. The fraction of sp³-hybridized carbons (Fsp3) is 0.583. The number of piperidine rings is 1. The van der Waals surface area contributed by atoms with Gasteiger partial charge in [-0.1, -0.05) is 6.92 Å². The molecule has 0 radical (unpaired) electrons. The van der Waals surface area contributed by atoms with E-state index in [9.17, 15) is 0 Å². The molecule has 0 saturated carbocycles. The molecule has 0 aromatic carbocycles. The molecule has 1 saturated heterocycles. The Hall–Kier alpha value is -1.17. The Morgan fingerprint density at radius 1 is 1.39 bits per heavy atom. The van der Waals surface area contributed by atoms with Crippen LogP contribution >= 0.6 is 15.9 Å². The van der Waals surface area contributed by atoms with Crippen molar-refractivity contribution in [3.63, 3.8) is 0 Å². The molecule has 1 aliphatic heterocycles. The molecular weight excluding hydrogens is 294 g/mol. The summed E-state index contributed by atoms with van der Waals surface area (Å²) in [7, 11) is 0. The summed E-state index contributed by atoms with van der Waals surface area (Å²) in [6.07, 6.45) is 5.97. The minimum absolute atomic E-state index is 0.427. The molecule has 2 heterocycles. The predicted octanol–water partition coefficient (Wildman–Crippen LogP) is 2.63. The largest absolute Gasteiger partial charge is 0.343 e. The molecule has 2 N–H and O–H groups in total. The van der Waals surface area contributed by atoms with Gasteiger partial charge in [0.1, 0.15) is 6.33 Å². The predicted molar refractivity (Wildman–Crippen MR) is 75.9 cm³/mol. The van der Waals surface area contributed by atoms with Gasteiger partial charge in [-0.2, -0.15) is 0 Å². The summed E-state index contributed by atoms with van der Waals surface area (Å²) in [5.41, 5.74) is 0.957. The quantitative estimate of drug-likeness (QED) is 0.651. The molecular formula is C12H18BrN5. The smallest absolute Gasteiger partial charge is 0.196 e. The lowest BCUT2D eigenvalue weighted by molar-refractivity contribution is 0.339. The number of guanidine groups is 1. The Kier molecular flexibility index (Phi) is 4.52. The number of nitrogens with one attached hydrogen (secondary N) is 2. The first kappa shape index (κ1) is 13.3. The van der Waals surface area contributed by atoms with Crippen molar-refractivity contribution in [1.29, 1.82) is 5.41 Å². The van der Waals surface area contributed by atoms with E-state index >= 15 is 0 Å². The van der Waals surface area contributed by atoms with Crippen LogP contribution in [0.2, 0.25) is 0 Å². The summed E-state index contributed by atoms with van der Waals surface area (Å²) >= 11 is 3.49. The molecule has 0 amide bonds. The summed E-state index contributed by atoms with van der Waals surface area (Å²) in [6.45, 7) is 3.96. The van der Waals surface area contributed by atoms with Gasteiger partial charge in [0.25, 0.3) is 0 Å². The average molecular weight is 312 g/mol. The topological polar surface area (TPSA) is 64.9 Å². The maximum atomic E-state index is 8.08. The van der Waals surface area contributed by atoms with Gasteiger partial charge in [0, 0.05) is 13.1 Å². The third-order valence-electron chi connectivity index (χ3n) is 3.11. The van der Waals surface area contributed by atoms with Crippen molar-refractivity contribution >= 4 is 27.7 Å². The molecule has 0 unspecified atom stereocenters. The van der Waals surface area contributed by atoms with Gasteiger partial charge in [0.15, 0.2) is 11.8 Å². The monoisotopic (exact) mass is 311 g/mol. The Morgan fingerprint density at radius 3 is 2.78 bits per heavy atom. The molecule has 0 atom stereocenters. The van der Waals surface area contributed by atoms with Crippen molar-refractivity contribution in [3.8, 4) is 0 Å². The maximum Gasteiger partial charge on any atom is 0.196 e. The van der Waals surface area contributed by atoms with Gasteiger partial charge in [-0.15, -0.1) is 0 Å². The van der Waals surface area contributed by atoms with E-state index < -0.39 is 0 Å². The van der Waals surface area contributed by atoms with Gasteiger partial charge in [-0.05, 0) is 41.6 Å². The van der Waals surface area contributed by atoms with Gasteiger partial charge in [0.2, 0.25) is 0 Å². The molecule has 1 aromatic rings. The zero-order valence-electron chi connectivity index (χ0n) is 10.5. The van der Waals surface area contributed by atoms with Crippen molar-refractivity contribution in [2.75, 3.05) is 18.4 Å². The van der Waals surface area contributed by atoms with E-state index in [0.717, 1.165) is 42.5 Å². The van der Waals surface area contributed by atoms with Crippen LogP contribution < -0.4 is 5.32 Å². The zero-order valence-corrected chi connectivity index (χ0v) is 12.1. The number of rotatable bonds is 2. The first-order chi connectivity index (χ1) is 8.72. The van der Waals surface area contributed by atoms with Crippen LogP contribution in [0.5, 0.6) is 0 Å². The number of nitrogens with zero attached hydrogens (tertiary/aromatic N) is 3. The number of aryl methyl sites for hydroxylation is 1. The second-order valence-corrected chi connectivity index (χ2v) is 5.15. The van der Waals surface area contributed by atoms with Gasteiger partial charge >= 0.3 is 0 Å². The summed E-state index contributed by atoms with van der Waals surface area (Å²) < 4.78 is 0.856. The van der Waals surface area contributed by atoms with Crippen LogP contribution in [0, 0.1) is 5.41 Å². The highest BCUT2D eigenvalue weighted by molar-refractivity contribution is 9.10. The van der Waals surface area contributed by atoms with Crippen LogP contribution in [0.3, 0.4) is 0 Å². The number of hydrogen-bond acceptors (Lipinski definition) is 3. The molecule has 2 rings (SSSR count). The van der Waals surface area contributed by atoms with Crippen molar-refractivity contribution in [2.45, 2.75) is 32.6 Å². The lowest BCUT2D eigenvalue weighted by Crippen LogP contribution is -2.39. The standard InChI is InChI=1S/C12H18BrN5/c1-2-9-10(13)11(16-8-15-9)17-12(14)18-6-4-3-5-7-18/h8H,2-7H2,1H3,(H2,14,15,16,17). The van der Waals surface area contributed by atoms with Gasteiger partial charge in [-0.3, -0.25) is 5.41 Å². The first-order valence-corrected chi connectivity index (χ1v) is 7.11. The summed E-state index contributed by atoms with van der Waals surface area (Å²) in [6, 6.07) is 0. The lowest BCUT2D eigenvalue weighted by Gasteiger charge is -2.29. The van der Waals surface area contributed by atoms with Crippen LogP contribution in [-0.4, -0.2) is 33.9 Å². The van der Waals surface area contributed by atoms with Crippen LogP contribution in [-0.2, 0) is 6.42 Å². The van der Waals surface area contributed by atoms with E-state index in [1.165, 1.54) is 12.7 Å². The average Bonchev–Trinajstić information content (AvgIpc) is 2.42. The van der Waals surface area contributed by atoms with Crippen molar-refractivity contribution < 1.29 is 0 Å². The number of aromatic nitrogens is 2. The maximum absolute atomic E-state index is 8.08. The molecule has 98 valence electrons. The highest BCUT2D eigenvalue weighted by Gasteiger charge is 2.15. The van der Waals surface area contributed by atoms with Crippen molar-refractivity contribution in [2.24, 2.45) is 0 Å². The molecule has 0 aliphatic carbocycles. The SMILES string of the molecule is CCc1ncnc(NC(=N)N2CCCCC2)c1Br. The van der Waals surface area contributed by atoms with Crippen LogP contribution in [0.25, 0.3) is 0 Å². The molecule has 0 bridgehead atoms. The molecule has 18 heavy (non-hydrogen) atoms. The van der Waals surface area contributed by atoms with E-state index in [1.807, 2.05) is 6.92 Å². The van der Waals surface area contributed by atoms with Gasteiger partial charge in [0.05, 0.1) is 10.2 Å². The first-order valence-electron chi connectivity index (χ1n) is 6.32. The Balaban J connectivity index is 2.06. The van der Waals surface area contributed by atoms with Gasteiger partial charge in [-0.25, -0.2) is 9.97 Å². The van der Waals surface area contributed by atoms with E-state index in [-0.39, 0.29) is 0 Å². The summed E-state index contributed by atoms with van der Waals surface area (Å²) in [5, 5.41) is 11.1. The second kappa shape index (κ2) is 6.13. The van der Waals surface area contributed by atoms with Crippen molar-refractivity contribution in [1.82, 2.24) is 14.9 Å². The van der Waals surface area contributed by atoms with E-state index in [1.54, 1.807) is 0 Å². The molecule has 1 aliphatic rings. The third kappa shape index (κ3) is 2.98. The minimum atomic E-state index is 0.427. The van der Waals surface area contributed by atoms with E-state index in [2.05, 4.69) is 36.1 Å². The fourth-order valence-electron chi connectivity index (χ4n) is 2.05. The molecule has 1 fully saturated rings. The molecule has 5 nitrogen and oxygen atoms in total. The normalized spacial score (nSPS) is 15.6. The fourth-order valence-corrected chi connectivity index (χ4v) is 2.63. The lowest BCUT2D eigenvalue weighted by atomic mass is 10.1. The second-order valence-electron chi connectivity index (χ2n) is 4.36. The highest BCUT2D eigenvalue weighted by atomic mass is 79.9. The Bertz CT molecular complexity index is 428. The number of likely N-dealkylation sites (tertiary alicyclic amines) is 1. The van der Waals surface area contributed by atoms with Crippen molar-refractivity contribution in [3.05, 3.63) is 16.5 Å². The number of anilines is 1. The number of halogens is 1. The van der Waals surface area contributed by atoms with E-state index in [4.69, 9.17) is 5.41 Å². The molecule has 0 spiro atoms. The molecule has 1 aromatic heterocycles. The number of hydrogen-bond donors (Lipinski definition) is 2. The highest BCUT2D eigenvalue weighted by Crippen LogP contribution is 2.23. The van der Waals surface area contributed by atoms with E-state index in [0.29, 0.717) is 11.8 Å². The van der Waals surface area contributed by atoms with Crippen LogP contribution in [0.4, 0.5) is 5.82 Å². The summed E-state index contributed by atoms with van der Waals surface area (Å²) in [5.74, 6) is 1.11. The van der Waals surface area contributed by atoms with Gasteiger partial charge < -0.3 is 10.2 Å². The Morgan fingerprint density at radius 2 is 2.11 bits per heavy atom. The zero-order chi connectivity index (χ0) is 13.0. The third-order valence-corrected chi connectivity index (χ3v) is 3.94. The van der Waals surface area contributed by atoms with Crippen LogP contribution in [0.1, 0.15) is 31.9 Å². The van der Waals surface area contributed by atoms with Crippen LogP contribution in [0.15, 0.2) is 10.8 Å². The molecule has 6 heteroatoms.